The van der Waals surface area contributed by atoms with Crippen molar-refractivity contribution in [3.05, 3.63) is 51.7 Å². The highest BCUT2D eigenvalue weighted by atomic mass is 79.9. The number of aromatic nitrogens is 1. The molecule has 1 heterocycles. The summed E-state index contributed by atoms with van der Waals surface area (Å²) in [5, 5.41) is 0. The first-order valence-electron chi connectivity index (χ1n) is 4.14. The first-order valence-corrected chi connectivity index (χ1v) is 5.72. The Morgan fingerprint density at radius 1 is 0.929 bits per heavy atom. The zero-order chi connectivity index (χ0) is 9.97. The van der Waals surface area contributed by atoms with Gasteiger partial charge in [-0.3, -0.25) is 0 Å². The highest BCUT2D eigenvalue weighted by Crippen LogP contribution is 2.26. The second kappa shape index (κ2) is 4.24. The first-order chi connectivity index (χ1) is 6.77. The third-order valence-corrected chi connectivity index (χ3v) is 3.07. The van der Waals surface area contributed by atoms with Crippen molar-refractivity contribution in [2.45, 2.75) is 0 Å². The van der Waals surface area contributed by atoms with Gasteiger partial charge in [0.25, 0.3) is 0 Å². The Balaban J connectivity index is 2.50. The lowest BCUT2D eigenvalue weighted by molar-refractivity contribution is 1.28. The monoisotopic (exact) mass is 311 g/mol. The lowest BCUT2D eigenvalue weighted by Gasteiger charge is -2.02. The Labute approximate surface area is 99.4 Å². The minimum Gasteiger partial charge on any atom is -0.249 e. The molecule has 0 saturated heterocycles. The molecule has 2 aromatic rings. The van der Waals surface area contributed by atoms with Gasteiger partial charge in [0.05, 0.1) is 0 Å². The maximum atomic E-state index is 4.18. The summed E-state index contributed by atoms with van der Waals surface area (Å²) in [7, 11) is 0. The van der Waals surface area contributed by atoms with E-state index in [4.69, 9.17) is 0 Å². The summed E-state index contributed by atoms with van der Waals surface area (Å²) in [5.74, 6) is 0. The van der Waals surface area contributed by atoms with Crippen LogP contribution in [0.15, 0.2) is 51.7 Å². The topological polar surface area (TPSA) is 12.9 Å². The van der Waals surface area contributed by atoms with E-state index < -0.39 is 0 Å². The van der Waals surface area contributed by atoms with Crippen LogP contribution in [0.3, 0.4) is 0 Å². The maximum absolute atomic E-state index is 4.18. The van der Waals surface area contributed by atoms with Gasteiger partial charge in [-0.1, -0.05) is 34.1 Å². The third-order valence-electron chi connectivity index (χ3n) is 1.91. The van der Waals surface area contributed by atoms with Crippen LogP contribution in [0, 0.1) is 0 Å². The van der Waals surface area contributed by atoms with E-state index in [9.17, 15) is 0 Å². The van der Waals surface area contributed by atoms with Gasteiger partial charge in [0.15, 0.2) is 0 Å². The van der Waals surface area contributed by atoms with Crippen LogP contribution in [0.4, 0.5) is 0 Å². The molecule has 1 nitrogen and oxygen atoms in total. The van der Waals surface area contributed by atoms with Crippen LogP contribution in [0.25, 0.3) is 11.1 Å². The molecule has 0 amide bonds. The molecular formula is C11H7Br2N. The summed E-state index contributed by atoms with van der Waals surface area (Å²) in [6.07, 6.45) is 1.77. The summed E-state index contributed by atoms with van der Waals surface area (Å²) < 4.78 is 1.96. The van der Waals surface area contributed by atoms with E-state index >= 15 is 0 Å². The summed E-state index contributed by atoms with van der Waals surface area (Å²) in [4.78, 5) is 4.18. The van der Waals surface area contributed by atoms with Crippen LogP contribution < -0.4 is 0 Å². The molecule has 0 aliphatic rings. The maximum Gasteiger partial charge on any atom is 0.113 e. The highest BCUT2D eigenvalue weighted by molar-refractivity contribution is 9.10. The zero-order valence-electron chi connectivity index (χ0n) is 7.24. The molecule has 70 valence electrons. The van der Waals surface area contributed by atoms with Gasteiger partial charge >= 0.3 is 0 Å². The predicted octanol–water partition coefficient (Wildman–Crippen LogP) is 4.27. The molecule has 0 fully saturated rings. The van der Waals surface area contributed by atoms with Gasteiger partial charge in [0.1, 0.15) is 4.60 Å². The number of benzene rings is 1. The number of rotatable bonds is 1. The van der Waals surface area contributed by atoms with Crippen molar-refractivity contribution in [2.24, 2.45) is 0 Å². The molecule has 14 heavy (non-hydrogen) atoms. The average Bonchev–Trinajstić information content (AvgIpc) is 2.20. The van der Waals surface area contributed by atoms with Crippen molar-refractivity contribution < 1.29 is 0 Å². The van der Waals surface area contributed by atoms with E-state index in [-0.39, 0.29) is 0 Å². The Morgan fingerprint density at radius 3 is 2.29 bits per heavy atom. The van der Waals surface area contributed by atoms with Crippen molar-refractivity contribution in [3.8, 4) is 11.1 Å². The van der Waals surface area contributed by atoms with Gasteiger partial charge in [-0.25, -0.2) is 4.98 Å². The van der Waals surface area contributed by atoms with Gasteiger partial charge in [0, 0.05) is 16.2 Å². The number of hydrogen-bond donors (Lipinski definition) is 0. The summed E-state index contributed by atoms with van der Waals surface area (Å²) in [6.45, 7) is 0. The largest absolute Gasteiger partial charge is 0.249 e. The first kappa shape index (κ1) is 9.87. The van der Waals surface area contributed by atoms with E-state index in [2.05, 4.69) is 49.0 Å². The Kier molecular flexibility index (Phi) is 2.99. The van der Waals surface area contributed by atoms with Crippen LogP contribution >= 0.6 is 31.9 Å². The molecule has 0 radical (unpaired) electrons. The van der Waals surface area contributed by atoms with Crippen molar-refractivity contribution >= 4 is 31.9 Å². The van der Waals surface area contributed by atoms with Gasteiger partial charge in [0.2, 0.25) is 0 Å². The van der Waals surface area contributed by atoms with Gasteiger partial charge in [-0.05, 0) is 39.7 Å². The summed E-state index contributed by atoms with van der Waals surface area (Å²) >= 11 is 6.84. The summed E-state index contributed by atoms with van der Waals surface area (Å²) in [5.41, 5.74) is 2.27. The lowest BCUT2D eigenvalue weighted by atomic mass is 10.1. The molecule has 2 rings (SSSR count). The van der Waals surface area contributed by atoms with Crippen molar-refractivity contribution in [2.75, 3.05) is 0 Å². The average molecular weight is 313 g/mol. The molecule has 0 aliphatic heterocycles. The lowest BCUT2D eigenvalue weighted by Crippen LogP contribution is -1.81. The molecule has 0 unspecified atom stereocenters. The van der Waals surface area contributed by atoms with E-state index in [0.717, 1.165) is 20.2 Å². The van der Waals surface area contributed by atoms with Crippen LogP contribution in [-0.2, 0) is 0 Å². The number of hydrogen-bond acceptors (Lipinski definition) is 1. The molecule has 1 aromatic heterocycles. The van der Waals surface area contributed by atoms with Crippen LogP contribution in [0.5, 0.6) is 0 Å². The fraction of sp³-hybridized carbons (Fsp3) is 0. The van der Waals surface area contributed by atoms with Crippen LogP contribution in [-0.4, -0.2) is 4.98 Å². The Bertz CT molecular complexity index is 437. The Morgan fingerprint density at radius 2 is 1.64 bits per heavy atom. The molecule has 0 saturated carbocycles. The van der Waals surface area contributed by atoms with Crippen molar-refractivity contribution in [1.29, 1.82) is 0 Å². The zero-order valence-corrected chi connectivity index (χ0v) is 10.4. The van der Waals surface area contributed by atoms with Gasteiger partial charge < -0.3 is 0 Å². The molecule has 0 spiro atoms. The second-order valence-corrected chi connectivity index (χ2v) is 4.52. The molecular weight excluding hydrogens is 306 g/mol. The molecule has 0 bridgehead atoms. The second-order valence-electron chi connectivity index (χ2n) is 2.85. The fourth-order valence-corrected chi connectivity index (χ4v) is 1.97. The van der Waals surface area contributed by atoms with Crippen molar-refractivity contribution in [1.82, 2.24) is 4.98 Å². The smallest absolute Gasteiger partial charge is 0.113 e. The molecule has 1 aromatic carbocycles. The van der Waals surface area contributed by atoms with E-state index in [1.807, 2.05) is 24.3 Å². The SMILES string of the molecule is Brc1ccc(-c2cccnc2Br)cc1. The van der Waals surface area contributed by atoms with Crippen LogP contribution in [0.1, 0.15) is 0 Å². The van der Waals surface area contributed by atoms with E-state index in [0.29, 0.717) is 0 Å². The van der Waals surface area contributed by atoms with Crippen molar-refractivity contribution in [3.63, 3.8) is 0 Å². The van der Waals surface area contributed by atoms with Gasteiger partial charge in [-0.15, -0.1) is 0 Å². The van der Waals surface area contributed by atoms with E-state index in [1.165, 1.54) is 0 Å². The summed E-state index contributed by atoms with van der Waals surface area (Å²) in [6, 6.07) is 12.1. The number of nitrogens with zero attached hydrogens (tertiary/aromatic N) is 1. The van der Waals surface area contributed by atoms with E-state index in [1.54, 1.807) is 6.20 Å². The fourth-order valence-electron chi connectivity index (χ4n) is 1.23. The molecule has 0 atom stereocenters. The normalized spacial score (nSPS) is 10.1. The quantitative estimate of drug-likeness (QED) is 0.716. The molecule has 3 heteroatoms. The number of halogens is 2. The molecule has 0 aliphatic carbocycles. The molecule has 0 N–H and O–H groups in total. The van der Waals surface area contributed by atoms with Gasteiger partial charge in [-0.2, -0.15) is 0 Å². The minimum atomic E-state index is 0.877. The minimum absolute atomic E-state index is 0.877. The highest BCUT2D eigenvalue weighted by Gasteiger charge is 2.01. The third kappa shape index (κ3) is 2.04. The predicted molar refractivity (Wildman–Crippen MR) is 65.1 cm³/mol. The standard InChI is InChI=1S/C11H7Br2N/c12-9-5-3-8(4-6-9)10-2-1-7-14-11(10)13/h1-7H. The Hall–Kier alpha value is -0.670. The number of pyridine rings is 1. The van der Waals surface area contributed by atoms with Crippen LogP contribution in [0.2, 0.25) is 0 Å².